The van der Waals surface area contributed by atoms with Crippen LogP contribution in [0.2, 0.25) is 0 Å². The van der Waals surface area contributed by atoms with E-state index in [1.165, 1.54) is 18.4 Å². The Balaban J connectivity index is 1.63. The van der Waals surface area contributed by atoms with Crippen LogP contribution in [0.1, 0.15) is 41.7 Å². The lowest BCUT2D eigenvalue weighted by Crippen LogP contribution is -2.33. The zero-order chi connectivity index (χ0) is 14.7. The molecule has 1 aliphatic rings. The zero-order valence-electron chi connectivity index (χ0n) is 12.9. The summed E-state index contributed by atoms with van der Waals surface area (Å²) in [6.45, 7) is 8.13. The molecule has 2 aromatic heterocycles. The van der Waals surface area contributed by atoms with Crippen molar-refractivity contribution < 1.29 is 4.42 Å². The van der Waals surface area contributed by atoms with Crippen molar-refractivity contribution in [3.8, 4) is 0 Å². The van der Waals surface area contributed by atoms with Gasteiger partial charge in [-0.1, -0.05) is 0 Å². The zero-order valence-corrected chi connectivity index (χ0v) is 12.9. The van der Waals surface area contributed by atoms with E-state index in [-0.39, 0.29) is 0 Å². The average molecular weight is 288 g/mol. The van der Waals surface area contributed by atoms with Crippen LogP contribution in [0, 0.1) is 13.8 Å². The number of nitrogens with zero attached hydrogens (tertiary/aromatic N) is 2. The number of hydrogen-bond donors (Lipinski definition) is 2. The number of rotatable bonds is 6. The molecule has 21 heavy (non-hydrogen) atoms. The fraction of sp³-hybridized carbons (Fsp3) is 0.562. The van der Waals surface area contributed by atoms with Gasteiger partial charge in [0.15, 0.2) is 0 Å². The first kappa shape index (κ1) is 14.4. The third kappa shape index (κ3) is 3.36. The van der Waals surface area contributed by atoms with Gasteiger partial charge in [0, 0.05) is 24.3 Å². The van der Waals surface area contributed by atoms with E-state index in [0.717, 1.165) is 43.4 Å². The Hall–Kier alpha value is -1.59. The highest BCUT2D eigenvalue weighted by Crippen LogP contribution is 2.26. The molecule has 0 aromatic carbocycles. The van der Waals surface area contributed by atoms with Crippen LogP contribution in [0.4, 0.5) is 0 Å². The molecule has 5 heteroatoms. The molecular formula is C16H24N4O. The number of H-pyrrole nitrogens is 1. The van der Waals surface area contributed by atoms with E-state index in [0.29, 0.717) is 6.04 Å². The van der Waals surface area contributed by atoms with Crippen molar-refractivity contribution in [3.05, 3.63) is 41.1 Å². The molecule has 1 atom stereocenters. The van der Waals surface area contributed by atoms with Gasteiger partial charge in [-0.25, -0.2) is 0 Å². The number of aromatic amines is 1. The summed E-state index contributed by atoms with van der Waals surface area (Å²) in [6, 6.07) is 4.50. The number of likely N-dealkylation sites (tertiary alicyclic amines) is 1. The first-order valence-electron chi connectivity index (χ1n) is 7.74. The van der Waals surface area contributed by atoms with Gasteiger partial charge in [-0.2, -0.15) is 5.10 Å². The largest absolute Gasteiger partial charge is 0.465 e. The number of aryl methyl sites for hydroxylation is 2. The molecule has 1 saturated heterocycles. The van der Waals surface area contributed by atoms with Gasteiger partial charge in [-0.15, -0.1) is 0 Å². The smallest absolute Gasteiger partial charge is 0.122 e. The SMILES string of the molecule is Cc1ccc(C(CNCc2cn[nH]c2C)N2CCCC2)o1. The van der Waals surface area contributed by atoms with E-state index < -0.39 is 0 Å². The van der Waals surface area contributed by atoms with Gasteiger partial charge in [0.05, 0.1) is 12.2 Å². The van der Waals surface area contributed by atoms with Crippen molar-refractivity contribution in [2.75, 3.05) is 19.6 Å². The lowest BCUT2D eigenvalue weighted by atomic mass is 10.2. The number of furan rings is 1. The fourth-order valence-electron chi connectivity index (χ4n) is 2.99. The van der Waals surface area contributed by atoms with E-state index in [1.807, 2.05) is 13.1 Å². The molecule has 0 saturated carbocycles. The summed E-state index contributed by atoms with van der Waals surface area (Å²) in [7, 11) is 0. The standard InChI is InChI=1S/C16H24N4O/c1-12-5-6-16(21-12)15(20-7-3-4-8-20)11-17-9-14-10-18-19-13(14)2/h5-6,10,15,17H,3-4,7-9,11H2,1-2H3,(H,18,19). The fourth-order valence-corrected chi connectivity index (χ4v) is 2.99. The van der Waals surface area contributed by atoms with Crippen LogP contribution in [0.3, 0.4) is 0 Å². The van der Waals surface area contributed by atoms with Crippen molar-refractivity contribution in [2.24, 2.45) is 0 Å². The Morgan fingerprint density at radius 2 is 2.14 bits per heavy atom. The molecule has 114 valence electrons. The van der Waals surface area contributed by atoms with E-state index in [2.05, 4.69) is 39.5 Å². The lowest BCUT2D eigenvalue weighted by molar-refractivity contribution is 0.207. The molecule has 2 aromatic rings. The quantitative estimate of drug-likeness (QED) is 0.857. The molecule has 0 bridgehead atoms. The average Bonchev–Trinajstić information content (AvgIpc) is 3.18. The maximum absolute atomic E-state index is 5.87. The van der Waals surface area contributed by atoms with Crippen molar-refractivity contribution in [1.82, 2.24) is 20.4 Å². The lowest BCUT2D eigenvalue weighted by Gasteiger charge is -2.26. The predicted octanol–water partition coefficient (Wildman–Crippen LogP) is 2.55. The Bertz CT molecular complexity index is 568. The summed E-state index contributed by atoms with van der Waals surface area (Å²) in [5, 5.41) is 10.6. The summed E-state index contributed by atoms with van der Waals surface area (Å²) in [5.74, 6) is 2.06. The van der Waals surface area contributed by atoms with Crippen LogP contribution in [0.5, 0.6) is 0 Å². The normalized spacial score (nSPS) is 17.4. The summed E-state index contributed by atoms with van der Waals surface area (Å²) in [5.41, 5.74) is 2.36. The molecule has 1 fully saturated rings. The van der Waals surface area contributed by atoms with Gasteiger partial charge in [0.1, 0.15) is 11.5 Å². The number of aromatic nitrogens is 2. The Labute approximate surface area is 125 Å². The summed E-state index contributed by atoms with van der Waals surface area (Å²) >= 11 is 0. The van der Waals surface area contributed by atoms with Crippen molar-refractivity contribution in [3.63, 3.8) is 0 Å². The summed E-state index contributed by atoms with van der Waals surface area (Å²) in [6.07, 6.45) is 4.47. The molecule has 0 radical (unpaired) electrons. The van der Waals surface area contributed by atoms with Crippen LogP contribution < -0.4 is 5.32 Å². The molecule has 1 aliphatic heterocycles. The van der Waals surface area contributed by atoms with Crippen LogP contribution in [0.15, 0.2) is 22.7 Å². The first-order valence-corrected chi connectivity index (χ1v) is 7.74. The second-order valence-corrected chi connectivity index (χ2v) is 5.86. The molecule has 5 nitrogen and oxygen atoms in total. The van der Waals surface area contributed by atoms with Gasteiger partial charge < -0.3 is 9.73 Å². The molecular weight excluding hydrogens is 264 g/mol. The first-order chi connectivity index (χ1) is 10.2. The van der Waals surface area contributed by atoms with Crippen LogP contribution in [-0.2, 0) is 6.54 Å². The monoisotopic (exact) mass is 288 g/mol. The van der Waals surface area contributed by atoms with Gasteiger partial charge in [-0.05, 0) is 51.9 Å². The summed E-state index contributed by atoms with van der Waals surface area (Å²) < 4.78 is 5.87. The van der Waals surface area contributed by atoms with Crippen molar-refractivity contribution in [2.45, 2.75) is 39.3 Å². The van der Waals surface area contributed by atoms with Gasteiger partial charge in [0.2, 0.25) is 0 Å². The van der Waals surface area contributed by atoms with E-state index >= 15 is 0 Å². The second-order valence-electron chi connectivity index (χ2n) is 5.86. The minimum Gasteiger partial charge on any atom is -0.465 e. The molecule has 0 aliphatic carbocycles. The van der Waals surface area contributed by atoms with Crippen LogP contribution in [0.25, 0.3) is 0 Å². The third-order valence-electron chi connectivity index (χ3n) is 4.26. The number of nitrogens with one attached hydrogen (secondary N) is 2. The minimum absolute atomic E-state index is 0.327. The van der Waals surface area contributed by atoms with E-state index in [1.54, 1.807) is 0 Å². The van der Waals surface area contributed by atoms with Gasteiger partial charge in [0.25, 0.3) is 0 Å². The minimum atomic E-state index is 0.327. The topological polar surface area (TPSA) is 57.1 Å². The highest BCUT2D eigenvalue weighted by molar-refractivity contribution is 5.14. The van der Waals surface area contributed by atoms with E-state index in [4.69, 9.17) is 4.42 Å². The third-order valence-corrected chi connectivity index (χ3v) is 4.26. The van der Waals surface area contributed by atoms with Crippen molar-refractivity contribution in [1.29, 1.82) is 0 Å². The molecule has 3 rings (SSSR count). The van der Waals surface area contributed by atoms with Crippen molar-refractivity contribution >= 4 is 0 Å². The van der Waals surface area contributed by atoms with E-state index in [9.17, 15) is 0 Å². The van der Waals surface area contributed by atoms with Crippen LogP contribution in [-0.4, -0.2) is 34.7 Å². The summed E-state index contributed by atoms with van der Waals surface area (Å²) in [4.78, 5) is 2.52. The Morgan fingerprint density at radius 3 is 2.76 bits per heavy atom. The Kier molecular flexibility index (Phi) is 4.41. The highest BCUT2D eigenvalue weighted by atomic mass is 16.3. The second kappa shape index (κ2) is 6.45. The molecule has 1 unspecified atom stereocenters. The van der Waals surface area contributed by atoms with Gasteiger partial charge >= 0.3 is 0 Å². The predicted molar refractivity (Wildman–Crippen MR) is 82.0 cm³/mol. The highest BCUT2D eigenvalue weighted by Gasteiger charge is 2.25. The number of hydrogen-bond acceptors (Lipinski definition) is 4. The maximum Gasteiger partial charge on any atom is 0.122 e. The molecule has 3 heterocycles. The molecule has 0 spiro atoms. The Morgan fingerprint density at radius 1 is 1.33 bits per heavy atom. The molecule has 2 N–H and O–H groups in total. The molecule has 0 amide bonds. The van der Waals surface area contributed by atoms with Crippen LogP contribution >= 0.6 is 0 Å². The van der Waals surface area contributed by atoms with Gasteiger partial charge in [-0.3, -0.25) is 10.00 Å². The maximum atomic E-state index is 5.87.